The number of imidazole rings is 1. The van der Waals surface area contributed by atoms with Crippen molar-refractivity contribution >= 4 is 46.6 Å². The van der Waals surface area contributed by atoms with E-state index in [2.05, 4.69) is 15.6 Å². The van der Waals surface area contributed by atoms with Crippen LogP contribution in [-0.2, 0) is 29.8 Å². The highest BCUT2D eigenvalue weighted by Gasteiger charge is 2.69. The molecule has 4 heterocycles. The monoisotopic (exact) mass is 919 g/mol. The average molecular weight is 920 g/mol. The van der Waals surface area contributed by atoms with Crippen molar-refractivity contribution < 1.29 is 42.2 Å². The van der Waals surface area contributed by atoms with Gasteiger partial charge < -0.3 is 34.9 Å². The number of aromatic nitrogens is 2. The molecule has 0 radical (unpaired) electrons. The molecule has 354 valence electrons. The molecule has 16 heteroatoms. The number of hydrogen-bond acceptors (Lipinski definition) is 8. The predicted molar refractivity (Wildman–Crippen MR) is 246 cm³/mol. The Kier molecular flexibility index (Phi) is 11.1. The molecular weight excluding hydrogens is 861 g/mol. The van der Waals surface area contributed by atoms with Crippen LogP contribution in [0.1, 0.15) is 115 Å². The van der Waals surface area contributed by atoms with Gasteiger partial charge in [0.1, 0.15) is 29.6 Å². The number of halogens is 2. The molecule has 0 unspecified atom stereocenters. The van der Waals surface area contributed by atoms with Crippen LogP contribution in [0.25, 0.3) is 33.3 Å². The fourth-order valence-electron chi connectivity index (χ4n) is 12.9. The number of alkyl halides is 2. The van der Waals surface area contributed by atoms with E-state index in [-0.39, 0.29) is 58.5 Å². The van der Waals surface area contributed by atoms with Crippen molar-refractivity contribution in [2.24, 2.45) is 23.7 Å². The normalized spacial score (nSPS) is 27.4. The second-order valence-electron chi connectivity index (χ2n) is 20.2. The first-order valence-corrected chi connectivity index (χ1v) is 23.9. The van der Waals surface area contributed by atoms with E-state index in [0.717, 1.165) is 56.9 Å². The lowest BCUT2D eigenvalue weighted by atomic mass is 9.78. The second-order valence-corrected chi connectivity index (χ2v) is 20.2. The summed E-state index contributed by atoms with van der Waals surface area (Å²) in [4.78, 5) is 82.1. The molecule has 3 aromatic carbocycles. The number of amides is 5. The average Bonchev–Trinajstić information content (AvgIpc) is 4.11. The summed E-state index contributed by atoms with van der Waals surface area (Å²) in [6.45, 7) is 7.55. The maximum absolute atomic E-state index is 16.7. The minimum Gasteiger partial charge on any atom is -0.453 e. The fraction of sp³-hybridized carbons (Fsp3) is 0.529. The van der Waals surface area contributed by atoms with Gasteiger partial charge >= 0.3 is 12.2 Å². The number of aromatic amines is 1. The molecule has 3 N–H and O–H groups in total. The number of alkyl carbamates (subject to hydrolysis) is 1. The molecule has 1 spiro atoms. The SMILES string of the molecule is COC(=O)N[C@H](C(=O)N1[C@H](c2nc3cc(-c4ccc5c(c4)C(F)(F)c4cc(NC(=O)[C@@H]6C[C@@H]7CCCC[C@@]78N(C(=O)OC)[C@@H](C(C)C)C(=O)N68)ccc4-5)ccc3[nH]2)C[C@@H]2CCCC[C@@H]21)C(C)C. The Morgan fingerprint density at radius 2 is 1.55 bits per heavy atom. The van der Waals surface area contributed by atoms with Crippen molar-refractivity contribution in [1.82, 2.24) is 30.0 Å². The molecule has 10 rings (SSSR count). The molecule has 8 atom stereocenters. The van der Waals surface area contributed by atoms with Gasteiger partial charge in [0, 0.05) is 28.8 Å². The number of ether oxygens (including phenoxy) is 2. The second kappa shape index (κ2) is 16.6. The first-order chi connectivity index (χ1) is 32.1. The zero-order valence-electron chi connectivity index (χ0n) is 38.9. The van der Waals surface area contributed by atoms with Crippen LogP contribution < -0.4 is 10.6 Å². The summed E-state index contributed by atoms with van der Waals surface area (Å²) in [6.07, 6.45) is 6.82. The Hall–Kier alpha value is -6.06. The Balaban J connectivity index is 0.901. The van der Waals surface area contributed by atoms with E-state index in [9.17, 15) is 24.0 Å². The third-order valence-corrected chi connectivity index (χ3v) is 15.9. The number of nitrogens with zero attached hydrogens (tertiary/aromatic N) is 4. The van der Waals surface area contributed by atoms with Gasteiger partial charge in [0.15, 0.2) is 0 Å². The van der Waals surface area contributed by atoms with E-state index >= 15 is 8.78 Å². The number of methoxy groups -OCH3 is 2. The molecule has 4 aromatic rings. The zero-order chi connectivity index (χ0) is 47.3. The molecule has 3 saturated heterocycles. The van der Waals surface area contributed by atoms with E-state index in [0.29, 0.717) is 52.4 Å². The molecule has 14 nitrogen and oxygen atoms in total. The molecule has 1 aromatic heterocycles. The number of anilines is 1. The van der Waals surface area contributed by atoms with Gasteiger partial charge in [0.25, 0.3) is 5.92 Å². The lowest BCUT2D eigenvalue weighted by Gasteiger charge is -2.46. The van der Waals surface area contributed by atoms with Gasteiger partial charge in [-0.3, -0.25) is 19.3 Å². The summed E-state index contributed by atoms with van der Waals surface area (Å²) in [5.41, 5.74) is 2.26. The molecule has 5 fully saturated rings. The largest absolute Gasteiger partial charge is 0.453 e. The number of carbonyl (C=O) groups is 5. The molecule has 2 saturated carbocycles. The molecule has 5 amide bonds. The van der Waals surface area contributed by atoms with Crippen molar-refractivity contribution in [2.75, 3.05) is 19.5 Å². The van der Waals surface area contributed by atoms with Gasteiger partial charge in [0.2, 0.25) is 17.7 Å². The smallest absolute Gasteiger partial charge is 0.412 e. The first-order valence-electron chi connectivity index (χ1n) is 23.9. The third-order valence-electron chi connectivity index (χ3n) is 15.9. The molecule has 3 aliphatic heterocycles. The van der Waals surface area contributed by atoms with Crippen molar-refractivity contribution in [3.63, 3.8) is 0 Å². The Morgan fingerprint density at radius 1 is 0.851 bits per heavy atom. The summed E-state index contributed by atoms with van der Waals surface area (Å²) in [5, 5.41) is 5.64. The van der Waals surface area contributed by atoms with Crippen molar-refractivity contribution in [3.8, 4) is 22.3 Å². The fourth-order valence-corrected chi connectivity index (χ4v) is 12.9. The number of carbonyl (C=O) groups excluding carboxylic acids is 5. The number of H-pyrrole nitrogens is 1. The third kappa shape index (κ3) is 6.97. The zero-order valence-corrected chi connectivity index (χ0v) is 38.9. The summed E-state index contributed by atoms with van der Waals surface area (Å²) >= 11 is 0. The highest BCUT2D eigenvalue weighted by molar-refractivity contribution is 6.01. The van der Waals surface area contributed by atoms with Crippen molar-refractivity contribution in [2.45, 2.75) is 134 Å². The van der Waals surface area contributed by atoms with Crippen LogP contribution in [0.4, 0.5) is 24.1 Å². The lowest BCUT2D eigenvalue weighted by molar-refractivity contribution is -0.139. The number of nitrogens with one attached hydrogen (secondary N) is 3. The van der Waals surface area contributed by atoms with Gasteiger partial charge in [0.05, 0.1) is 31.3 Å². The summed E-state index contributed by atoms with van der Waals surface area (Å²) in [5.74, 6) is -3.90. The van der Waals surface area contributed by atoms with Gasteiger partial charge in [-0.2, -0.15) is 8.78 Å². The summed E-state index contributed by atoms with van der Waals surface area (Å²) in [6, 6.07) is 12.5. The van der Waals surface area contributed by atoms with Gasteiger partial charge in [-0.15, -0.1) is 0 Å². The van der Waals surface area contributed by atoms with Crippen LogP contribution in [0.3, 0.4) is 0 Å². The van der Waals surface area contributed by atoms with Crippen molar-refractivity contribution in [3.05, 3.63) is 71.5 Å². The standard InChI is InChI=1S/C51H59F2N7O7/c1-26(2)42(57-48(64)66-5)46(62)58-39-13-8-7-11-30(39)23-40(58)44-55-37-19-15-29(22-38(37)56-44)28-14-17-33-34-18-16-32(25-36(34)51(52,53)35(33)21-28)54-45(61)41-24-31-12-9-10-20-50(31)59(41)47(63)43(27(3)4)60(50)49(65)67-6/h14-19,21-22,25-27,30-31,39-43H,7-13,20,23-24H2,1-6H3,(H,54,61)(H,55,56)(H,57,64)/t30-,31-,39-,40-,41-,42-,43-,50+/m0/s1. The lowest BCUT2D eigenvalue weighted by Crippen LogP contribution is -2.60. The Labute approximate surface area is 388 Å². The van der Waals surface area contributed by atoms with E-state index < -0.39 is 47.8 Å². The predicted octanol–water partition coefficient (Wildman–Crippen LogP) is 9.10. The summed E-state index contributed by atoms with van der Waals surface area (Å²) in [7, 11) is 2.58. The molecular formula is C51H59F2N7O7. The first kappa shape index (κ1) is 44.8. The van der Waals surface area contributed by atoms with Crippen LogP contribution in [-0.4, -0.2) is 98.6 Å². The van der Waals surface area contributed by atoms with Crippen LogP contribution in [0.2, 0.25) is 0 Å². The van der Waals surface area contributed by atoms with Crippen LogP contribution in [0.15, 0.2) is 54.6 Å². The Morgan fingerprint density at radius 3 is 2.28 bits per heavy atom. The van der Waals surface area contributed by atoms with Gasteiger partial charge in [-0.25, -0.2) is 14.6 Å². The maximum Gasteiger partial charge on any atom is 0.412 e. The minimum absolute atomic E-state index is 0.0264. The molecule has 0 bridgehead atoms. The number of rotatable bonds is 8. The van der Waals surface area contributed by atoms with Gasteiger partial charge in [-0.05, 0) is 115 Å². The maximum atomic E-state index is 16.7. The van der Waals surface area contributed by atoms with E-state index in [1.54, 1.807) is 28.0 Å². The minimum atomic E-state index is -3.39. The van der Waals surface area contributed by atoms with E-state index in [4.69, 9.17) is 14.5 Å². The summed E-state index contributed by atoms with van der Waals surface area (Å²) < 4.78 is 43.5. The number of likely N-dealkylation sites (tertiary alicyclic amines) is 1. The highest BCUT2D eigenvalue weighted by atomic mass is 19.3. The highest BCUT2D eigenvalue weighted by Crippen LogP contribution is 2.57. The van der Waals surface area contributed by atoms with Gasteiger partial charge in [-0.1, -0.05) is 71.2 Å². The molecule has 67 heavy (non-hydrogen) atoms. The van der Waals surface area contributed by atoms with Crippen LogP contribution in [0, 0.1) is 23.7 Å². The van der Waals surface area contributed by atoms with Crippen LogP contribution >= 0.6 is 0 Å². The topological polar surface area (TPSA) is 166 Å². The molecule has 3 aliphatic carbocycles. The number of benzene rings is 3. The van der Waals surface area contributed by atoms with E-state index in [1.165, 1.54) is 26.4 Å². The van der Waals surface area contributed by atoms with E-state index in [1.807, 2.05) is 56.9 Å². The van der Waals surface area contributed by atoms with Crippen LogP contribution in [0.5, 0.6) is 0 Å². The number of fused-ring (bicyclic) bond motifs is 5. The van der Waals surface area contributed by atoms with Crippen molar-refractivity contribution in [1.29, 1.82) is 0 Å². The number of hydrogen-bond donors (Lipinski definition) is 3. The quantitative estimate of drug-likeness (QED) is 0.157. The Bertz CT molecular complexity index is 2690. The molecule has 6 aliphatic rings.